The summed E-state index contributed by atoms with van der Waals surface area (Å²) in [5.74, 6) is -0.883. The van der Waals surface area contributed by atoms with Gasteiger partial charge < -0.3 is 5.32 Å². The van der Waals surface area contributed by atoms with E-state index in [2.05, 4.69) is 20.0 Å². The summed E-state index contributed by atoms with van der Waals surface area (Å²) in [5.41, 5.74) is -3.10. The standard InChI is InChI=1S/C16H10F3N3O3S/c17-16(18,19)26-12-7-3-10(4-8-12)14(23)20-11-5-1-9(2-6-11)13-21-15(24)25-22-13/h1-8H,(H,20,23)(H,21,22,24). The second-order valence-corrected chi connectivity index (χ2v) is 6.19. The van der Waals surface area contributed by atoms with Crippen LogP contribution in [-0.2, 0) is 0 Å². The topological polar surface area (TPSA) is 88.0 Å². The first-order valence-corrected chi connectivity index (χ1v) is 7.95. The Hall–Kier alpha value is -3.01. The van der Waals surface area contributed by atoms with Crippen molar-refractivity contribution in [2.45, 2.75) is 10.4 Å². The van der Waals surface area contributed by atoms with Crippen LogP contribution in [0.3, 0.4) is 0 Å². The number of halogens is 3. The van der Waals surface area contributed by atoms with Crippen LogP contribution in [0.25, 0.3) is 11.4 Å². The summed E-state index contributed by atoms with van der Waals surface area (Å²) in [7, 11) is 0. The van der Waals surface area contributed by atoms with Crippen LogP contribution in [0, 0.1) is 0 Å². The molecule has 10 heteroatoms. The van der Waals surface area contributed by atoms with Crippen LogP contribution < -0.4 is 11.1 Å². The number of aromatic amines is 1. The summed E-state index contributed by atoms with van der Waals surface area (Å²) < 4.78 is 41.3. The summed E-state index contributed by atoms with van der Waals surface area (Å²) in [6.07, 6.45) is 0. The second-order valence-electron chi connectivity index (χ2n) is 5.05. The number of H-pyrrole nitrogens is 1. The molecule has 1 aromatic heterocycles. The lowest BCUT2D eigenvalue weighted by Crippen LogP contribution is -2.11. The van der Waals surface area contributed by atoms with Crippen LogP contribution in [0.4, 0.5) is 18.9 Å². The number of rotatable bonds is 4. The van der Waals surface area contributed by atoms with Gasteiger partial charge in [-0.1, -0.05) is 5.16 Å². The van der Waals surface area contributed by atoms with E-state index in [0.29, 0.717) is 11.3 Å². The van der Waals surface area contributed by atoms with Gasteiger partial charge in [-0.2, -0.15) is 13.2 Å². The molecule has 3 rings (SSSR count). The highest BCUT2D eigenvalue weighted by atomic mass is 32.2. The third kappa shape index (κ3) is 4.54. The Morgan fingerprint density at radius 3 is 2.27 bits per heavy atom. The summed E-state index contributed by atoms with van der Waals surface area (Å²) in [6, 6.07) is 11.5. The van der Waals surface area contributed by atoms with E-state index in [9.17, 15) is 22.8 Å². The van der Waals surface area contributed by atoms with Crippen LogP contribution in [0.5, 0.6) is 0 Å². The van der Waals surface area contributed by atoms with E-state index >= 15 is 0 Å². The molecule has 26 heavy (non-hydrogen) atoms. The van der Waals surface area contributed by atoms with Crippen LogP contribution in [-0.4, -0.2) is 21.6 Å². The first-order chi connectivity index (χ1) is 12.3. The number of anilines is 1. The molecule has 0 unspecified atom stereocenters. The summed E-state index contributed by atoms with van der Waals surface area (Å²) in [6.45, 7) is 0. The number of benzene rings is 2. The third-order valence-electron chi connectivity index (χ3n) is 3.21. The Morgan fingerprint density at radius 2 is 1.73 bits per heavy atom. The lowest BCUT2D eigenvalue weighted by molar-refractivity contribution is -0.0328. The van der Waals surface area contributed by atoms with Crippen molar-refractivity contribution in [2.24, 2.45) is 0 Å². The number of nitrogens with one attached hydrogen (secondary N) is 2. The Kier molecular flexibility index (Phi) is 4.85. The van der Waals surface area contributed by atoms with Crippen molar-refractivity contribution in [2.75, 3.05) is 5.32 Å². The molecule has 0 saturated heterocycles. The molecule has 0 saturated carbocycles. The molecule has 134 valence electrons. The maximum absolute atomic E-state index is 12.3. The molecule has 2 N–H and O–H groups in total. The average molecular weight is 381 g/mol. The van der Waals surface area contributed by atoms with E-state index in [4.69, 9.17) is 0 Å². The van der Waals surface area contributed by atoms with Gasteiger partial charge in [0, 0.05) is 21.7 Å². The number of hydrogen-bond donors (Lipinski definition) is 2. The largest absolute Gasteiger partial charge is 0.446 e. The first kappa shape index (κ1) is 17.8. The SMILES string of the molecule is O=C(Nc1ccc(-c2noc(=O)[nH]2)cc1)c1ccc(SC(F)(F)F)cc1. The molecule has 3 aromatic rings. The predicted octanol–water partition coefficient (Wildman–Crippen LogP) is 3.89. The molecule has 2 aromatic carbocycles. The number of thioether (sulfide) groups is 1. The van der Waals surface area contributed by atoms with Gasteiger partial charge in [0.25, 0.3) is 5.91 Å². The van der Waals surface area contributed by atoms with E-state index in [1.807, 2.05) is 0 Å². The van der Waals surface area contributed by atoms with Crippen molar-refractivity contribution in [3.05, 3.63) is 64.6 Å². The molecule has 0 atom stereocenters. The van der Waals surface area contributed by atoms with Gasteiger partial charge >= 0.3 is 11.3 Å². The van der Waals surface area contributed by atoms with Crippen LogP contribution in [0.2, 0.25) is 0 Å². The van der Waals surface area contributed by atoms with Crippen molar-refractivity contribution in [1.29, 1.82) is 0 Å². The Bertz CT molecular complexity index is 963. The van der Waals surface area contributed by atoms with E-state index < -0.39 is 17.2 Å². The van der Waals surface area contributed by atoms with Gasteiger partial charge in [-0.25, -0.2) is 4.79 Å². The molecule has 0 spiro atoms. The van der Waals surface area contributed by atoms with Crippen molar-refractivity contribution in [1.82, 2.24) is 10.1 Å². The number of aromatic nitrogens is 2. The molecule has 0 aliphatic heterocycles. The molecular formula is C16H10F3N3O3S. The average Bonchev–Trinajstić information content (AvgIpc) is 3.01. The van der Waals surface area contributed by atoms with Crippen LogP contribution in [0.15, 0.2) is 62.7 Å². The second kappa shape index (κ2) is 7.08. The first-order valence-electron chi connectivity index (χ1n) is 7.14. The summed E-state index contributed by atoms with van der Waals surface area (Å²) in [5, 5.41) is 6.17. The van der Waals surface area contributed by atoms with Gasteiger partial charge in [0.1, 0.15) is 0 Å². The van der Waals surface area contributed by atoms with E-state index in [-0.39, 0.29) is 28.0 Å². The lowest BCUT2D eigenvalue weighted by Gasteiger charge is -2.08. The predicted molar refractivity (Wildman–Crippen MR) is 88.9 cm³/mol. The summed E-state index contributed by atoms with van der Waals surface area (Å²) in [4.78, 5) is 25.5. The minimum atomic E-state index is -4.38. The highest BCUT2D eigenvalue weighted by Gasteiger charge is 2.29. The Morgan fingerprint density at radius 1 is 1.08 bits per heavy atom. The molecule has 0 fully saturated rings. The number of carbonyl (C=O) groups is 1. The third-order valence-corrected chi connectivity index (χ3v) is 3.95. The number of hydrogen-bond acceptors (Lipinski definition) is 5. The van der Waals surface area contributed by atoms with Gasteiger partial charge in [-0.3, -0.25) is 14.3 Å². The Labute approximate surface area is 148 Å². The zero-order valence-corrected chi connectivity index (χ0v) is 13.6. The normalized spacial score (nSPS) is 11.3. The van der Waals surface area contributed by atoms with E-state index in [1.54, 1.807) is 24.3 Å². The quantitative estimate of drug-likeness (QED) is 0.670. The summed E-state index contributed by atoms with van der Waals surface area (Å²) >= 11 is -0.244. The van der Waals surface area contributed by atoms with Gasteiger partial charge in [0.05, 0.1) is 0 Å². The minimum Gasteiger partial charge on any atom is -0.322 e. The lowest BCUT2D eigenvalue weighted by atomic mass is 10.1. The molecule has 0 bridgehead atoms. The number of alkyl halides is 3. The van der Waals surface area contributed by atoms with Crippen LogP contribution >= 0.6 is 11.8 Å². The van der Waals surface area contributed by atoms with Gasteiger partial charge in [-0.15, -0.1) is 0 Å². The molecule has 0 aliphatic rings. The fraction of sp³-hybridized carbons (Fsp3) is 0.0625. The highest BCUT2D eigenvalue weighted by molar-refractivity contribution is 8.00. The van der Waals surface area contributed by atoms with Crippen LogP contribution in [0.1, 0.15) is 10.4 Å². The van der Waals surface area contributed by atoms with Gasteiger partial charge in [0.2, 0.25) is 0 Å². The fourth-order valence-electron chi connectivity index (χ4n) is 2.08. The zero-order chi connectivity index (χ0) is 18.7. The van der Waals surface area contributed by atoms with E-state index in [0.717, 1.165) is 0 Å². The van der Waals surface area contributed by atoms with Crippen molar-refractivity contribution in [3.8, 4) is 11.4 Å². The zero-order valence-electron chi connectivity index (χ0n) is 12.8. The van der Waals surface area contributed by atoms with Gasteiger partial charge in [0.15, 0.2) is 5.82 Å². The maximum atomic E-state index is 12.3. The molecular weight excluding hydrogens is 371 g/mol. The van der Waals surface area contributed by atoms with Crippen molar-refractivity contribution in [3.63, 3.8) is 0 Å². The van der Waals surface area contributed by atoms with Crippen molar-refractivity contribution >= 4 is 23.4 Å². The monoisotopic (exact) mass is 381 g/mol. The molecule has 0 aliphatic carbocycles. The highest BCUT2D eigenvalue weighted by Crippen LogP contribution is 2.36. The minimum absolute atomic E-state index is 0.00000683. The molecule has 0 radical (unpaired) electrons. The Balaban J connectivity index is 1.67. The molecule has 1 heterocycles. The fourth-order valence-corrected chi connectivity index (χ4v) is 2.62. The maximum Gasteiger partial charge on any atom is 0.446 e. The van der Waals surface area contributed by atoms with E-state index in [1.165, 1.54) is 24.3 Å². The molecule has 6 nitrogen and oxygen atoms in total. The number of nitrogens with zero attached hydrogens (tertiary/aromatic N) is 1. The van der Waals surface area contributed by atoms with Gasteiger partial charge in [-0.05, 0) is 60.3 Å². The number of carbonyl (C=O) groups excluding carboxylic acids is 1. The van der Waals surface area contributed by atoms with Crippen molar-refractivity contribution < 1.29 is 22.5 Å². The number of amides is 1. The smallest absolute Gasteiger partial charge is 0.322 e. The molecule has 1 amide bonds.